The van der Waals surface area contributed by atoms with Gasteiger partial charge in [-0.25, -0.2) is 9.97 Å². The second kappa shape index (κ2) is 6.93. The van der Waals surface area contributed by atoms with E-state index in [1.165, 1.54) is 47.0 Å². The molecule has 1 unspecified atom stereocenters. The van der Waals surface area contributed by atoms with Gasteiger partial charge in [0.25, 0.3) is 0 Å². The molecule has 3 heterocycles. The Morgan fingerprint density at radius 2 is 1.70 bits per heavy atom. The van der Waals surface area contributed by atoms with Gasteiger partial charge < -0.3 is 9.47 Å². The number of hydrogen-bond donors (Lipinski definition) is 0. The SMILES string of the molecule is Cc1nc(N2CCCCC2C)c2c(C)cn(-c3c(C)cc(Br)cc3C)c2n1. The highest BCUT2D eigenvalue weighted by molar-refractivity contribution is 9.10. The number of nitrogens with zero attached hydrogens (tertiary/aromatic N) is 4. The summed E-state index contributed by atoms with van der Waals surface area (Å²) in [6, 6.07) is 4.87. The van der Waals surface area contributed by atoms with Crippen molar-refractivity contribution in [2.75, 3.05) is 11.4 Å². The van der Waals surface area contributed by atoms with E-state index in [1.807, 2.05) is 6.92 Å². The molecule has 0 aliphatic carbocycles. The lowest BCUT2D eigenvalue weighted by atomic mass is 10.0. The van der Waals surface area contributed by atoms with Gasteiger partial charge in [-0.2, -0.15) is 0 Å². The lowest BCUT2D eigenvalue weighted by Gasteiger charge is -2.35. The van der Waals surface area contributed by atoms with Crippen molar-refractivity contribution < 1.29 is 0 Å². The number of benzene rings is 1. The number of anilines is 1. The Morgan fingerprint density at radius 1 is 1.00 bits per heavy atom. The van der Waals surface area contributed by atoms with Gasteiger partial charge in [0.2, 0.25) is 0 Å². The first-order valence-electron chi connectivity index (χ1n) is 9.77. The minimum absolute atomic E-state index is 0.523. The molecule has 2 aromatic heterocycles. The van der Waals surface area contributed by atoms with Crippen molar-refractivity contribution in [2.45, 2.75) is 59.9 Å². The second-order valence-corrected chi connectivity index (χ2v) is 8.82. The zero-order valence-electron chi connectivity index (χ0n) is 16.8. The highest BCUT2D eigenvalue weighted by Crippen LogP contribution is 2.35. The largest absolute Gasteiger partial charge is 0.353 e. The standard InChI is InChI=1S/C22H27BrN4/c1-13-10-18(23)11-14(2)20(13)27-12-15(3)19-21(24-17(5)25-22(19)27)26-9-7-6-8-16(26)4/h10-12,16H,6-9H2,1-5H3. The lowest BCUT2D eigenvalue weighted by molar-refractivity contribution is 0.482. The van der Waals surface area contributed by atoms with Crippen LogP contribution in [0.1, 0.15) is 48.7 Å². The van der Waals surface area contributed by atoms with E-state index in [0.29, 0.717) is 6.04 Å². The average Bonchev–Trinajstić information content (AvgIpc) is 2.90. The zero-order valence-corrected chi connectivity index (χ0v) is 18.4. The molecule has 4 nitrogen and oxygen atoms in total. The monoisotopic (exact) mass is 426 g/mol. The molecule has 0 amide bonds. The molecule has 5 heteroatoms. The van der Waals surface area contributed by atoms with Crippen LogP contribution < -0.4 is 4.90 Å². The number of halogens is 1. The van der Waals surface area contributed by atoms with E-state index >= 15 is 0 Å². The molecule has 1 aromatic carbocycles. The summed E-state index contributed by atoms with van der Waals surface area (Å²) in [6.07, 6.45) is 6.00. The maximum atomic E-state index is 4.90. The predicted octanol–water partition coefficient (Wildman–Crippen LogP) is 5.80. The molecular weight excluding hydrogens is 400 g/mol. The molecule has 0 radical (unpaired) electrons. The smallest absolute Gasteiger partial charge is 0.150 e. The third kappa shape index (κ3) is 3.16. The van der Waals surface area contributed by atoms with Crippen LogP contribution in [0.25, 0.3) is 16.7 Å². The van der Waals surface area contributed by atoms with E-state index in [-0.39, 0.29) is 0 Å². The van der Waals surface area contributed by atoms with Crippen molar-refractivity contribution in [3.63, 3.8) is 0 Å². The van der Waals surface area contributed by atoms with E-state index in [9.17, 15) is 0 Å². The molecule has 1 saturated heterocycles. The molecule has 3 aromatic rings. The number of rotatable bonds is 2. The van der Waals surface area contributed by atoms with Crippen LogP contribution in [0.3, 0.4) is 0 Å². The molecule has 142 valence electrons. The van der Waals surface area contributed by atoms with Gasteiger partial charge in [0.05, 0.1) is 11.1 Å². The Kier molecular flexibility index (Phi) is 4.75. The zero-order chi connectivity index (χ0) is 19.3. The maximum Gasteiger partial charge on any atom is 0.150 e. The van der Waals surface area contributed by atoms with Gasteiger partial charge in [0.1, 0.15) is 11.6 Å². The van der Waals surface area contributed by atoms with Crippen LogP contribution in [0, 0.1) is 27.7 Å². The lowest BCUT2D eigenvalue weighted by Crippen LogP contribution is -2.38. The molecule has 4 rings (SSSR count). The van der Waals surface area contributed by atoms with Gasteiger partial charge in [-0.3, -0.25) is 0 Å². The van der Waals surface area contributed by atoms with Crippen LogP contribution in [0.5, 0.6) is 0 Å². The van der Waals surface area contributed by atoms with Crippen molar-refractivity contribution in [1.82, 2.24) is 14.5 Å². The van der Waals surface area contributed by atoms with Crippen molar-refractivity contribution in [1.29, 1.82) is 0 Å². The fourth-order valence-electron chi connectivity index (χ4n) is 4.46. The molecule has 1 atom stereocenters. The Balaban J connectivity index is 1.99. The van der Waals surface area contributed by atoms with Crippen molar-refractivity contribution in [3.8, 4) is 5.69 Å². The predicted molar refractivity (Wildman–Crippen MR) is 116 cm³/mol. The van der Waals surface area contributed by atoms with Gasteiger partial charge in [0.15, 0.2) is 5.65 Å². The van der Waals surface area contributed by atoms with Crippen molar-refractivity contribution in [2.24, 2.45) is 0 Å². The number of aryl methyl sites for hydroxylation is 4. The Labute approximate surface area is 169 Å². The van der Waals surface area contributed by atoms with Crippen LogP contribution in [-0.2, 0) is 0 Å². The first-order valence-corrected chi connectivity index (χ1v) is 10.6. The molecule has 1 fully saturated rings. The summed E-state index contributed by atoms with van der Waals surface area (Å²) < 4.78 is 3.37. The third-order valence-corrected chi connectivity index (χ3v) is 6.16. The average molecular weight is 427 g/mol. The summed E-state index contributed by atoms with van der Waals surface area (Å²) in [5.74, 6) is 1.94. The topological polar surface area (TPSA) is 34.0 Å². The summed E-state index contributed by atoms with van der Waals surface area (Å²) in [5, 5.41) is 1.19. The fourth-order valence-corrected chi connectivity index (χ4v) is 5.15. The van der Waals surface area contributed by atoms with Crippen LogP contribution >= 0.6 is 15.9 Å². The Morgan fingerprint density at radius 3 is 2.37 bits per heavy atom. The van der Waals surface area contributed by atoms with E-state index < -0.39 is 0 Å². The second-order valence-electron chi connectivity index (χ2n) is 7.90. The quantitative estimate of drug-likeness (QED) is 0.519. The van der Waals surface area contributed by atoms with E-state index in [2.05, 4.69) is 71.4 Å². The summed E-state index contributed by atoms with van der Waals surface area (Å²) in [6.45, 7) is 11.9. The van der Waals surface area contributed by atoms with Crippen LogP contribution in [0.15, 0.2) is 22.8 Å². The van der Waals surface area contributed by atoms with Gasteiger partial charge in [-0.05, 0) is 82.7 Å². The van der Waals surface area contributed by atoms with Gasteiger partial charge in [0, 0.05) is 23.3 Å². The van der Waals surface area contributed by atoms with Crippen LogP contribution in [-0.4, -0.2) is 27.1 Å². The molecule has 0 bridgehead atoms. The number of hydrogen-bond acceptors (Lipinski definition) is 3. The normalized spacial score (nSPS) is 17.7. The summed E-state index contributed by atoms with van der Waals surface area (Å²) in [4.78, 5) is 12.3. The fraction of sp³-hybridized carbons (Fsp3) is 0.455. The number of fused-ring (bicyclic) bond motifs is 1. The van der Waals surface area contributed by atoms with Crippen molar-refractivity contribution >= 4 is 32.8 Å². The minimum atomic E-state index is 0.523. The highest BCUT2D eigenvalue weighted by atomic mass is 79.9. The summed E-state index contributed by atoms with van der Waals surface area (Å²) >= 11 is 3.61. The summed E-state index contributed by atoms with van der Waals surface area (Å²) in [5.41, 5.74) is 5.94. The highest BCUT2D eigenvalue weighted by Gasteiger charge is 2.25. The molecular formula is C22H27BrN4. The van der Waals surface area contributed by atoms with Crippen LogP contribution in [0.2, 0.25) is 0 Å². The molecule has 1 aliphatic heterocycles. The number of piperidine rings is 1. The molecule has 0 saturated carbocycles. The van der Waals surface area contributed by atoms with Gasteiger partial charge >= 0.3 is 0 Å². The molecule has 1 aliphatic rings. The van der Waals surface area contributed by atoms with E-state index in [0.717, 1.165) is 28.3 Å². The Hall–Kier alpha value is -1.88. The van der Waals surface area contributed by atoms with Gasteiger partial charge in [-0.15, -0.1) is 0 Å². The third-order valence-electron chi connectivity index (χ3n) is 5.70. The first-order chi connectivity index (χ1) is 12.9. The Bertz CT molecular complexity index is 998. The molecule has 0 N–H and O–H groups in total. The number of aromatic nitrogens is 3. The van der Waals surface area contributed by atoms with Crippen LogP contribution in [0.4, 0.5) is 5.82 Å². The molecule has 0 spiro atoms. The maximum absolute atomic E-state index is 4.90. The summed E-state index contributed by atoms with van der Waals surface area (Å²) in [7, 11) is 0. The van der Waals surface area contributed by atoms with E-state index in [1.54, 1.807) is 0 Å². The van der Waals surface area contributed by atoms with Gasteiger partial charge in [-0.1, -0.05) is 15.9 Å². The van der Waals surface area contributed by atoms with Crippen molar-refractivity contribution in [3.05, 3.63) is 45.3 Å². The van der Waals surface area contributed by atoms with E-state index in [4.69, 9.17) is 9.97 Å². The first kappa shape index (κ1) is 18.5. The molecule has 27 heavy (non-hydrogen) atoms. The minimum Gasteiger partial charge on any atom is -0.353 e.